The highest BCUT2D eigenvalue weighted by molar-refractivity contribution is 9.10. The summed E-state index contributed by atoms with van der Waals surface area (Å²) in [6.07, 6.45) is -0.373. The Hall–Kier alpha value is -0.390. The largest absolute Gasteiger partial charge is 0.492 e. The zero-order valence-corrected chi connectivity index (χ0v) is 13.5. The molecule has 1 fully saturated rings. The normalized spacial score (nSPS) is 17.0. The van der Waals surface area contributed by atoms with Gasteiger partial charge in [-0.3, -0.25) is 4.90 Å². The third kappa shape index (κ3) is 5.54. The maximum absolute atomic E-state index is 12.3. The summed E-state index contributed by atoms with van der Waals surface area (Å²) in [6.45, 7) is 2.05. The molecule has 2 rings (SSSR count). The molecule has 0 aromatic heterocycles. The maximum Gasteiger partial charge on any atom is 0.251 e. The molecule has 6 heteroatoms. The molecule has 2 nitrogen and oxygen atoms in total. The summed E-state index contributed by atoms with van der Waals surface area (Å²) in [7, 11) is 0. The minimum absolute atomic E-state index is 0. The van der Waals surface area contributed by atoms with Crippen LogP contribution in [0.25, 0.3) is 0 Å². The highest BCUT2D eigenvalue weighted by Gasteiger charge is 2.21. The van der Waals surface area contributed by atoms with Crippen molar-refractivity contribution in [2.24, 2.45) is 5.92 Å². The minimum Gasteiger partial charge on any atom is -0.492 e. The van der Waals surface area contributed by atoms with Gasteiger partial charge in [0, 0.05) is 0 Å². The van der Waals surface area contributed by atoms with Gasteiger partial charge in [-0.1, -0.05) is 12.1 Å². The van der Waals surface area contributed by atoms with Crippen LogP contribution in [0.4, 0.5) is 8.78 Å². The summed E-state index contributed by atoms with van der Waals surface area (Å²) >= 11 is 3.44. The molecule has 1 saturated heterocycles. The van der Waals surface area contributed by atoms with E-state index in [1.54, 1.807) is 0 Å². The zero-order valence-electron chi connectivity index (χ0n) is 11.1. The molecular weight excluding hydrogens is 352 g/mol. The minimum atomic E-state index is -2.23. The van der Waals surface area contributed by atoms with Crippen LogP contribution in [0.1, 0.15) is 12.8 Å². The number of nitrogens with zero attached hydrogens (tertiary/aromatic N) is 1. The number of ether oxygens (including phenoxy) is 1. The van der Waals surface area contributed by atoms with Gasteiger partial charge in [0.2, 0.25) is 0 Å². The molecule has 0 unspecified atom stereocenters. The number of likely N-dealkylation sites (tertiary alicyclic amines) is 1. The smallest absolute Gasteiger partial charge is 0.251 e. The van der Waals surface area contributed by atoms with Gasteiger partial charge in [0.15, 0.2) is 0 Å². The Bertz CT molecular complexity index is 401. The molecule has 0 spiro atoms. The number of para-hydroxylation sites is 1. The van der Waals surface area contributed by atoms with E-state index in [0.717, 1.165) is 36.2 Å². The van der Waals surface area contributed by atoms with E-state index in [2.05, 4.69) is 15.9 Å². The highest BCUT2D eigenvalue weighted by atomic mass is 79.9. The van der Waals surface area contributed by atoms with Gasteiger partial charge in [-0.2, -0.15) is 0 Å². The fourth-order valence-corrected chi connectivity index (χ4v) is 2.70. The molecule has 0 radical (unpaired) electrons. The number of halogens is 4. The molecule has 1 aromatic rings. The molecule has 0 atom stereocenters. The number of rotatable bonds is 5. The number of piperidine rings is 1. The van der Waals surface area contributed by atoms with Crippen molar-refractivity contribution in [3.05, 3.63) is 28.7 Å². The van der Waals surface area contributed by atoms with E-state index in [-0.39, 0.29) is 19.0 Å². The van der Waals surface area contributed by atoms with Crippen LogP contribution in [0.15, 0.2) is 28.7 Å². The maximum atomic E-state index is 12.3. The first-order chi connectivity index (χ1) is 9.15. The van der Waals surface area contributed by atoms with Crippen molar-refractivity contribution >= 4 is 28.3 Å². The second-order valence-corrected chi connectivity index (χ2v) is 5.73. The Kier molecular flexibility index (Phi) is 7.77. The number of hydrogen-bond donors (Lipinski definition) is 0. The molecule has 1 heterocycles. The van der Waals surface area contributed by atoms with Gasteiger partial charge in [0.25, 0.3) is 6.43 Å². The van der Waals surface area contributed by atoms with Crippen LogP contribution in [-0.4, -0.2) is 37.6 Å². The summed E-state index contributed by atoms with van der Waals surface area (Å²) < 4.78 is 31.2. The predicted octanol–water partition coefficient (Wildman–Crippen LogP) is 4.23. The summed E-state index contributed by atoms with van der Waals surface area (Å²) in [4.78, 5) is 1.83. The Morgan fingerprint density at radius 3 is 2.50 bits per heavy atom. The summed E-state index contributed by atoms with van der Waals surface area (Å²) in [6, 6.07) is 7.75. The first-order valence-electron chi connectivity index (χ1n) is 6.53. The summed E-state index contributed by atoms with van der Waals surface area (Å²) in [5, 5.41) is 0. The second-order valence-electron chi connectivity index (χ2n) is 4.88. The molecule has 1 aromatic carbocycles. The van der Waals surface area contributed by atoms with Gasteiger partial charge in [-0.15, -0.1) is 12.4 Å². The lowest BCUT2D eigenvalue weighted by molar-refractivity contribution is 0.0619. The van der Waals surface area contributed by atoms with E-state index < -0.39 is 6.43 Å². The van der Waals surface area contributed by atoms with E-state index >= 15 is 0 Å². The molecule has 20 heavy (non-hydrogen) atoms. The fourth-order valence-electron chi connectivity index (χ4n) is 2.30. The lowest BCUT2D eigenvalue weighted by Gasteiger charge is -2.31. The van der Waals surface area contributed by atoms with E-state index in [1.807, 2.05) is 29.2 Å². The molecule has 0 aliphatic carbocycles. The second kappa shape index (κ2) is 8.80. The monoisotopic (exact) mass is 369 g/mol. The SMILES string of the molecule is Cl.FC(F)CN1CCC(COc2ccccc2Br)CC1. The molecular formula is C14H19BrClF2NO. The average Bonchev–Trinajstić information content (AvgIpc) is 2.39. The number of hydrogen-bond acceptors (Lipinski definition) is 2. The van der Waals surface area contributed by atoms with Gasteiger partial charge in [-0.25, -0.2) is 8.78 Å². The van der Waals surface area contributed by atoms with Gasteiger partial charge < -0.3 is 4.74 Å². The molecule has 0 N–H and O–H groups in total. The lowest BCUT2D eigenvalue weighted by atomic mass is 9.98. The molecule has 0 saturated carbocycles. The van der Waals surface area contributed by atoms with Crippen LogP contribution in [0.3, 0.4) is 0 Å². The predicted molar refractivity (Wildman–Crippen MR) is 82.1 cm³/mol. The topological polar surface area (TPSA) is 12.5 Å². The van der Waals surface area contributed by atoms with E-state index in [9.17, 15) is 8.78 Å². The molecule has 1 aliphatic rings. The van der Waals surface area contributed by atoms with E-state index in [4.69, 9.17) is 4.74 Å². The standard InChI is InChI=1S/C14H18BrF2NO.ClH/c15-12-3-1-2-4-13(12)19-10-11-5-7-18(8-6-11)9-14(16)17;/h1-4,11,14H,5-10H2;1H. The fraction of sp³-hybridized carbons (Fsp3) is 0.571. The van der Waals surface area contributed by atoms with Crippen molar-refractivity contribution in [1.82, 2.24) is 4.90 Å². The highest BCUT2D eigenvalue weighted by Crippen LogP contribution is 2.26. The van der Waals surface area contributed by atoms with Crippen LogP contribution in [-0.2, 0) is 0 Å². The Balaban J connectivity index is 0.00000200. The molecule has 114 valence electrons. The van der Waals surface area contributed by atoms with Crippen LogP contribution in [0, 0.1) is 5.92 Å². The van der Waals surface area contributed by atoms with Crippen LogP contribution in [0.5, 0.6) is 5.75 Å². The first-order valence-corrected chi connectivity index (χ1v) is 7.32. The lowest BCUT2D eigenvalue weighted by Crippen LogP contribution is -2.38. The van der Waals surface area contributed by atoms with E-state index in [1.165, 1.54) is 0 Å². The third-order valence-corrected chi connectivity index (χ3v) is 4.07. The van der Waals surface area contributed by atoms with Crippen molar-refractivity contribution < 1.29 is 13.5 Å². The van der Waals surface area contributed by atoms with Crippen molar-refractivity contribution in [2.75, 3.05) is 26.2 Å². The van der Waals surface area contributed by atoms with Crippen LogP contribution < -0.4 is 4.74 Å². The van der Waals surface area contributed by atoms with Crippen molar-refractivity contribution in [3.8, 4) is 5.75 Å². The quantitative estimate of drug-likeness (QED) is 0.769. The van der Waals surface area contributed by atoms with Crippen molar-refractivity contribution in [3.63, 3.8) is 0 Å². The Morgan fingerprint density at radius 1 is 1.25 bits per heavy atom. The molecule has 0 bridgehead atoms. The van der Waals surface area contributed by atoms with Crippen LogP contribution in [0.2, 0.25) is 0 Å². The zero-order chi connectivity index (χ0) is 13.7. The van der Waals surface area contributed by atoms with Gasteiger partial charge in [-0.05, 0) is 59.9 Å². The Morgan fingerprint density at radius 2 is 1.90 bits per heavy atom. The van der Waals surface area contributed by atoms with Crippen LogP contribution >= 0.6 is 28.3 Å². The third-order valence-electron chi connectivity index (χ3n) is 3.41. The van der Waals surface area contributed by atoms with E-state index in [0.29, 0.717) is 12.5 Å². The molecule has 0 amide bonds. The van der Waals surface area contributed by atoms with Gasteiger partial charge >= 0.3 is 0 Å². The molecule has 1 aliphatic heterocycles. The number of alkyl halides is 2. The van der Waals surface area contributed by atoms with Crippen molar-refractivity contribution in [2.45, 2.75) is 19.3 Å². The van der Waals surface area contributed by atoms with Crippen molar-refractivity contribution in [1.29, 1.82) is 0 Å². The summed E-state index contributed by atoms with van der Waals surface area (Å²) in [5.74, 6) is 1.30. The van der Waals surface area contributed by atoms with Gasteiger partial charge in [0.1, 0.15) is 5.75 Å². The van der Waals surface area contributed by atoms with Gasteiger partial charge in [0.05, 0.1) is 17.6 Å². The first kappa shape index (κ1) is 17.7. The summed E-state index contributed by atoms with van der Waals surface area (Å²) in [5.41, 5.74) is 0. The number of benzene rings is 1. The average molecular weight is 371 g/mol. The Labute approximate surface area is 133 Å².